The SMILES string of the molecule is CC(C)(C)C1=CN(c2cc(C(C)(C)C)cc(C(C)(C)C)c2)CN1c1cc(Oc2ccc3c4cc(C(C)(C)c5ccccc5)ccc4n(-c4cc(C(C)(C)c5ccccc5)ccn4)c3c2)cc(-c2ccccc2)c1. The number of pyridine rings is 1. The van der Waals surface area contributed by atoms with Crippen LogP contribution in [0.1, 0.15) is 123 Å². The minimum absolute atomic E-state index is 0.00167. The van der Waals surface area contributed by atoms with Gasteiger partial charge in [0.2, 0.25) is 0 Å². The third-order valence-electron chi connectivity index (χ3n) is 15.3. The van der Waals surface area contributed by atoms with Crippen LogP contribution in [0.2, 0.25) is 0 Å². The molecule has 2 aromatic heterocycles. The Bertz CT molecular complexity index is 3470. The molecule has 9 aromatic rings. The molecular formula is C68H72N4O. The number of aromatic nitrogens is 2. The van der Waals surface area contributed by atoms with Crippen molar-refractivity contribution < 1.29 is 4.74 Å². The maximum Gasteiger partial charge on any atom is 0.137 e. The molecular weight excluding hydrogens is 889 g/mol. The first kappa shape index (κ1) is 49.2. The normalized spacial score (nSPS) is 13.8. The summed E-state index contributed by atoms with van der Waals surface area (Å²) in [5.41, 5.74) is 14.9. The van der Waals surface area contributed by atoms with Crippen molar-refractivity contribution in [3.8, 4) is 28.4 Å². The number of ether oxygens (including phenoxy) is 1. The average molecular weight is 961 g/mol. The molecule has 0 fully saturated rings. The minimum Gasteiger partial charge on any atom is -0.457 e. The van der Waals surface area contributed by atoms with Crippen molar-refractivity contribution in [2.24, 2.45) is 5.41 Å². The van der Waals surface area contributed by atoms with Gasteiger partial charge in [-0.15, -0.1) is 0 Å². The molecule has 0 saturated carbocycles. The summed E-state index contributed by atoms with van der Waals surface area (Å²) in [5.74, 6) is 2.39. The molecule has 0 amide bonds. The van der Waals surface area contributed by atoms with E-state index in [4.69, 9.17) is 9.72 Å². The number of hydrogen-bond acceptors (Lipinski definition) is 4. The van der Waals surface area contributed by atoms with Crippen LogP contribution in [0.5, 0.6) is 11.5 Å². The summed E-state index contributed by atoms with van der Waals surface area (Å²) in [7, 11) is 0. The summed E-state index contributed by atoms with van der Waals surface area (Å²) in [6.07, 6.45) is 4.33. The molecule has 10 rings (SSSR count). The van der Waals surface area contributed by atoms with E-state index in [9.17, 15) is 0 Å². The number of allylic oxidation sites excluding steroid dienone is 1. The van der Waals surface area contributed by atoms with Crippen LogP contribution >= 0.6 is 0 Å². The number of anilines is 2. The first-order valence-corrected chi connectivity index (χ1v) is 26.0. The van der Waals surface area contributed by atoms with Gasteiger partial charge >= 0.3 is 0 Å². The zero-order chi connectivity index (χ0) is 51.7. The largest absolute Gasteiger partial charge is 0.457 e. The summed E-state index contributed by atoms with van der Waals surface area (Å²) >= 11 is 0. The van der Waals surface area contributed by atoms with Gasteiger partial charge in [0.05, 0.1) is 17.7 Å². The fourth-order valence-corrected chi connectivity index (χ4v) is 10.5. The van der Waals surface area contributed by atoms with E-state index in [2.05, 4.69) is 287 Å². The van der Waals surface area contributed by atoms with Gasteiger partial charge in [0.1, 0.15) is 17.3 Å². The summed E-state index contributed by atoms with van der Waals surface area (Å²) in [6, 6.07) is 64.1. The predicted molar refractivity (Wildman–Crippen MR) is 309 cm³/mol. The highest BCUT2D eigenvalue weighted by atomic mass is 16.5. The van der Waals surface area contributed by atoms with Crippen LogP contribution in [0, 0.1) is 5.41 Å². The molecule has 0 atom stereocenters. The average Bonchev–Trinajstić information content (AvgIpc) is 3.97. The second kappa shape index (κ2) is 18.3. The van der Waals surface area contributed by atoms with Crippen molar-refractivity contribution in [2.45, 2.75) is 112 Å². The fourth-order valence-electron chi connectivity index (χ4n) is 10.5. The van der Waals surface area contributed by atoms with Gasteiger partial charge in [-0.2, -0.15) is 0 Å². The number of fused-ring (bicyclic) bond motifs is 3. The van der Waals surface area contributed by atoms with E-state index in [0.717, 1.165) is 50.6 Å². The van der Waals surface area contributed by atoms with Crippen molar-refractivity contribution in [1.29, 1.82) is 0 Å². The molecule has 1 aliphatic heterocycles. The molecule has 0 aliphatic carbocycles. The Kier molecular flexibility index (Phi) is 12.3. The van der Waals surface area contributed by atoms with Crippen LogP contribution in [0.3, 0.4) is 0 Å². The van der Waals surface area contributed by atoms with Crippen LogP contribution in [0.4, 0.5) is 11.4 Å². The third kappa shape index (κ3) is 9.59. The zero-order valence-electron chi connectivity index (χ0n) is 45.3. The van der Waals surface area contributed by atoms with Gasteiger partial charge in [-0.05, 0) is 116 Å². The number of hydrogen-bond donors (Lipinski definition) is 0. The first-order chi connectivity index (χ1) is 34.6. The van der Waals surface area contributed by atoms with Gasteiger partial charge in [-0.1, -0.05) is 193 Å². The lowest BCUT2D eigenvalue weighted by atomic mass is 9.78. The third-order valence-corrected chi connectivity index (χ3v) is 15.3. The second-order valence-electron chi connectivity index (χ2n) is 24.4. The Balaban J connectivity index is 1.10. The van der Waals surface area contributed by atoms with Gasteiger partial charge < -0.3 is 14.5 Å². The Morgan fingerprint density at radius 1 is 0.411 bits per heavy atom. The van der Waals surface area contributed by atoms with Crippen molar-refractivity contribution in [3.63, 3.8) is 0 Å². The van der Waals surface area contributed by atoms with Gasteiger partial charge in [0.25, 0.3) is 0 Å². The van der Waals surface area contributed by atoms with Gasteiger partial charge in [0, 0.05) is 68.6 Å². The lowest BCUT2D eigenvalue weighted by Crippen LogP contribution is -2.31. The molecule has 3 heterocycles. The van der Waals surface area contributed by atoms with Crippen molar-refractivity contribution >= 4 is 33.2 Å². The molecule has 0 saturated heterocycles. The number of benzene rings is 7. The highest BCUT2D eigenvalue weighted by Gasteiger charge is 2.34. The van der Waals surface area contributed by atoms with Gasteiger partial charge in [-0.25, -0.2) is 4.98 Å². The molecule has 0 spiro atoms. The lowest BCUT2D eigenvalue weighted by molar-refractivity contribution is 0.481. The Morgan fingerprint density at radius 3 is 1.59 bits per heavy atom. The molecule has 0 unspecified atom stereocenters. The van der Waals surface area contributed by atoms with E-state index < -0.39 is 0 Å². The van der Waals surface area contributed by atoms with Crippen LogP contribution in [-0.2, 0) is 21.7 Å². The summed E-state index contributed by atoms with van der Waals surface area (Å²) in [6.45, 7) is 30.7. The molecule has 5 heteroatoms. The topological polar surface area (TPSA) is 33.5 Å². The maximum atomic E-state index is 7.15. The quantitative estimate of drug-likeness (QED) is 0.137. The minimum atomic E-state index is -0.249. The molecule has 5 nitrogen and oxygen atoms in total. The van der Waals surface area contributed by atoms with Crippen LogP contribution in [-0.4, -0.2) is 16.2 Å². The first-order valence-electron chi connectivity index (χ1n) is 26.0. The predicted octanol–water partition coefficient (Wildman–Crippen LogP) is 18.1. The second-order valence-corrected chi connectivity index (χ2v) is 24.4. The smallest absolute Gasteiger partial charge is 0.137 e. The summed E-state index contributed by atoms with van der Waals surface area (Å²) in [4.78, 5) is 10.0. The van der Waals surface area contributed by atoms with Crippen molar-refractivity contribution in [3.05, 3.63) is 227 Å². The van der Waals surface area contributed by atoms with E-state index in [0.29, 0.717) is 6.67 Å². The molecule has 0 bridgehead atoms. The molecule has 0 N–H and O–H groups in total. The van der Waals surface area contributed by atoms with Gasteiger partial charge in [-0.3, -0.25) is 4.57 Å². The fraction of sp³-hybridized carbons (Fsp3) is 0.279. The van der Waals surface area contributed by atoms with Crippen LogP contribution < -0.4 is 14.5 Å². The van der Waals surface area contributed by atoms with Crippen LogP contribution in [0.25, 0.3) is 38.8 Å². The lowest BCUT2D eigenvalue weighted by Gasteiger charge is -2.32. The van der Waals surface area contributed by atoms with Gasteiger partial charge in [0.15, 0.2) is 0 Å². The van der Waals surface area contributed by atoms with Crippen molar-refractivity contribution in [2.75, 3.05) is 16.5 Å². The van der Waals surface area contributed by atoms with E-state index in [1.165, 1.54) is 50.2 Å². The van der Waals surface area contributed by atoms with E-state index in [-0.39, 0.29) is 27.1 Å². The van der Waals surface area contributed by atoms with E-state index in [1.807, 2.05) is 6.20 Å². The van der Waals surface area contributed by atoms with E-state index in [1.54, 1.807) is 0 Å². The standard InChI is InChI=1S/C68H72N4O/c1-64(2,3)52-37-53(65(4,5)6)39-54(38-52)70-44-62(66(7,8)9)71(45-70)55-35-47(46-23-17-14-18-24-46)36-57(42-55)73-56-30-31-58-59-40-50(67(10,11)48-25-19-15-20-26-48)29-32-60(59)72(61(58)43-56)63-41-51(33-34-69-63)68(12,13)49-27-21-16-22-28-49/h14-44H,45H2,1-13H3. The molecule has 7 aromatic carbocycles. The summed E-state index contributed by atoms with van der Waals surface area (Å²) < 4.78 is 9.48. The summed E-state index contributed by atoms with van der Waals surface area (Å²) in [5, 5.41) is 2.32. The maximum absolute atomic E-state index is 7.15. The molecule has 73 heavy (non-hydrogen) atoms. The van der Waals surface area contributed by atoms with E-state index >= 15 is 0 Å². The Labute approximate surface area is 434 Å². The Hall–Kier alpha value is -7.37. The molecule has 370 valence electrons. The number of nitrogens with zero attached hydrogens (tertiary/aromatic N) is 4. The Morgan fingerprint density at radius 2 is 1.00 bits per heavy atom. The molecule has 1 aliphatic rings. The number of rotatable bonds is 10. The van der Waals surface area contributed by atoms with Crippen LogP contribution in [0.15, 0.2) is 194 Å². The highest BCUT2D eigenvalue weighted by Crippen LogP contribution is 2.45. The highest BCUT2D eigenvalue weighted by molar-refractivity contribution is 6.10. The zero-order valence-corrected chi connectivity index (χ0v) is 45.3. The van der Waals surface area contributed by atoms with Crippen molar-refractivity contribution in [1.82, 2.24) is 9.55 Å². The molecule has 0 radical (unpaired) electrons. The monoisotopic (exact) mass is 961 g/mol.